The molecule has 1 aliphatic rings. The second kappa shape index (κ2) is 6.64. The molecule has 1 fully saturated rings. The van der Waals surface area contributed by atoms with Crippen LogP contribution in [0.1, 0.15) is 43.3 Å². The van der Waals surface area contributed by atoms with E-state index in [0.717, 1.165) is 32.5 Å². The van der Waals surface area contributed by atoms with Gasteiger partial charge in [0.05, 0.1) is 10.7 Å². The van der Waals surface area contributed by atoms with Crippen LogP contribution < -0.4 is 0 Å². The van der Waals surface area contributed by atoms with Gasteiger partial charge in [-0.25, -0.2) is 4.98 Å². The standard InChI is InChI=1S/C14H23NO2S/c1-10(2)12(8-16)7-14-15-13(9-18-14)11-3-5-17-6-4-11/h9-12,16H,3-8H2,1-2H3. The molecule has 2 rings (SSSR count). The van der Waals surface area contributed by atoms with Crippen molar-refractivity contribution >= 4 is 11.3 Å². The fourth-order valence-corrected chi connectivity index (χ4v) is 3.31. The zero-order valence-electron chi connectivity index (χ0n) is 11.3. The van der Waals surface area contributed by atoms with Crippen LogP contribution in [0.25, 0.3) is 0 Å². The Morgan fingerprint density at radius 3 is 2.78 bits per heavy atom. The van der Waals surface area contributed by atoms with E-state index >= 15 is 0 Å². The summed E-state index contributed by atoms with van der Waals surface area (Å²) in [5.74, 6) is 1.42. The predicted octanol–water partition coefficient (Wildman–Crippen LogP) is 2.84. The van der Waals surface area contributed by atoms with Gasteiger partial charge >= 0.3 is 0 Å². The van der Waals surface area contributed by atoms with Gasteiger partial charge in [-0.1, -0.05) is 13.8 Å². The van der Waals surface area contributed by atoms with Crippen LogP contribution in [0.5, 0.6) is 0 Å². The van der Waals surface area contributed by atoms with Crippen LogP contribution >= 0.6 is 11.3 Å². The smallest absolute Gasteiger partial charge is 0.0932 e. The van der Waals surface area contributed by atoms with Crippen LogP contribution in [0.4, 0.5) is 0 Å². The molecule has 1 aliphatic heterocycles. The van der Waals surface area contributed by atoms with Crippen molar-refractivity contribution in [1.29, 1.82) is 0 Å². The molecule has 102 valence electrons. The topological polar surface area (TPSA) is 42.4 Å². The molecule has 0 bridgehead atoms. The zero-order chi connectivity index (χ0) is 13.0. The molecule has 1 saturated heterocycles. The van der Waals surface area contributed by atoms with Crippen molar-refractivity contribution in [3.63, 3.8) is 0 Å². The van der Waals surface area contributed by atoms with Gasteiger partial charge in [0.2, 0.25) is 0 Å². The first kappa shape index (κ1) is 14.0. The van der Waals surface area contributed by atoms with Gasteiger partial charge in [-0.3, -0.25) is 0 Å². The molecule has 1 unspecified atom stereocenters. The van der Waals surface area contributed by atoms with E-state index in [0.29, 0.717) is 17.8 Å². The molecule has 1 N–H and O–H groups in total. The van der Waals surface area contributed by atoms with E-state index < -0.39 is 0 Å². The van der Waals surface area contributed by atoms with Crippen LogP contribution in [0.3, 0.4) is 0 Å². The molecule has 0 radical (unpaired) electrons. The SMILES string of the molecule is CC(C)C(CO)Cc1nc(C2CCOCC2)cs1. The van der Waals surface area contributed by atoms with Crippen molar-refractivity contribution < 1.29 is 9.84 Å². The van der Waals surface area contributed by atoms with Crippen molar-refractivity contribution in [2.24, 2.45) is 11.8 Å². The summed E-state index contributed by atoms with van der Waals surface area (Å²) in [4.78, 5) is 4.76. The lowest BCUT2D eigenvalue weighted by Gasteiger charge is -2.20. The second-order valence-electron chi connectivity index (χ2n) is 5.44. The molecule has 3 nitrogen and oxygen atoms in total. The van der Waals surface area contributed by atoms with Crippen molar-refractivity contribution in [2.75, 3.05) is 19.8 Å². The van der Waals surface area contributed by atoms with Gasteiger partial charge in [0.25, 0.3) is 0 Å². The second-order valence-corrected chi connectivity index (χ2v) is 6.39. The minimum absolute atomic E-state index is 0.254. The quantitative estimate of drug-likeness (QED) is 0.893. The summed E-state index contributed by atoms with van der Waals surface area (Å²) in [5.41, 5.74) is 1.23. The number of aliphatic hydroxyl groups is 1. The first-order valence-electron chi connectivity index (χ1n) is 6.83. The van der Waals surface area contributed by atoms with Gasteiger partial charge in [0.15, 0.2) is 0 Å². The van der Waals surface area contributed by atoms with E-state index in [1.165, 1.54) is 10.7 Å². The Hall–Kier alpha value is -0.450. The molecule has 1 atom stereocenters. The predicted molar refractivity (Wildman–Crippen MR) is 74.0 cm³/mol. The maximum absolute atomic E-state index is 9.37. The molecular weight excluding hydrogens is 246 g/mol. The molecule has 1 aromatic rings. The highest BCUT2D eigenvalue weighted by molar-refractivity contribution is 7.09. The van der Waals surface area contributed by atoms with Crippen LogP contribution in [-0.2, 0) is 11.2 Å². The summed E-state index contributed by atoms with van der Waals surface area (Å²) in [6.45, 7) is 6.30. The fraction of sp³-hybridized carbons (Fsp3) is 0.786. The maximum Gasteiger partial charge on any atom is 0.0932 e. The Balaban J connectivity index is 1.96. The highest BCUT2D eigenvalue weighted by atomic mass is 32.1. The normalized spacial score (nSPS) is 19.3. The minimum Gasteiger partial charge on any atom is -0.396 e. The monoisotopic (exact) mass is 269 g/mol. The van der Waals surface area contributed by atoms with E-state index in [9.17, 15) is 5.11 Å². The Bertz CT molecular complexity index is 358. The van der Waals surface area contributed by atoms with Gasteiger partial charge in [0, 0.05) is 37.5 Å². The number of aromatic nitrogens is 1. The molecular formula is C14H23NO2S. The van der Waals surface area contributed by atoms with Crippen LogP contribution in [0.2, 0.25) is 0 Å². The van der Waals surface area contributed by atoms with E-state index in [-0.39, 0.29) is 6.61 Å². The number of aliphatic hydroxyl groups excluding tert-OH is 1. The highest BCUT2D eigenvalue weighted by Gasteiger charge is 2.20. The number of hydrogen-bond acceptors (Lipinski definition) is 4. The first-order chi connectivity index (χ1) is 8.70. The molecule has 0 aromatic carbocycles. The summed E-state index contributed by atoms with van der Waals surface area (Å²) in [6, 6.07) is 0. The molecule has 0 amide bonds. The molecule has 0 saturated carbocycles. The van der Waals surface area contributed by atoms with Crippen molar-refractivity contribution in [3.8, 4) is 0 Å². The molecule has 0 aliphatic carbocycles. The first-order valence-corrected chi connectivity index (χ1v) is 7.71. The molecule has 0 spiro atoms. The van der Waals surface area contributed by atoms with E-state index in [1.807, 2.05) is 0 Å². The lowest BCUT2D eigenvalue weighted by atomic mass is 9.93. The van der Waals surface area contributed by atoms with Crippen LogP contribution in [0.15, 0.2) is 5.38 Å². The number of rotatable bonds is 5. The average Bonchev–Trinajstić information content (AvgIpc) is 2.85. The number of hydrogen-bond donors (Lipinski definition) is 1. The summed E-state index contributed by atoms with van der Waals surface area (Å²) < 4.78 is 5.38. The lowest BCUT2D eigenvalue weighted by Crippen LogP contribution is -2.17. The number of nitrogens with zero attached hydrogens (tertiary/aromatic N) is 1. The Kier molecular flexibility index (Phi) is 5.15. The van der Waals surface area contributed by atoms with Gasteiger partial charge in [-0.2, -0.15) is 0 Å². The Morgan fingerprint density at radius 2 is 2.17 bits per heavy atom. The van der Waals surface area contributed by atoms with Gasteiger partial charge < -0.3 is 9.84 Å². The Morgan fingerprint density at radius 1 is 1.44 bits per heavy atom. The van der Waals surface area contributed by atoms with Gasteiger partial charge in [0.1, 0.15) is 0 Å². The third-order valence-corrected chi connectivity index (χ3v) is 4.71. The molecule has 1 aromatic heterocycles. The molecule has 2 heterocycles. The summed E-state index contributed by atoms with van der Waals surface area (Å²) in [7, 11) is 0. The van der Waals surface area contributed by atoms with Crippen molar-refractivity contribution in [3.05, 3.63) is 16.1 Å². The van der Waals surface area contributed by atoms with Crippen LogP contribution in [0, 0.1) is 11.8 Å². The fourth-order valence-electron chi connectivity index (χ4n) is 2.34. The van der Waals surface area contributed by atoms with Gasteiger partial charge in [-0.05, 0) is 24.7 Å². The summed E-state index contributed by atoms with van der Waals surface area (Å²) in [5, 5.41) is 12.7. The molecule has 4 heteroatoms. The van der Waals surface area contributed by atoms with Crippen molar-refractivity contribution in [2.45, 2.75) is 39.0 Å². The molecule has 18 heavy (non-hydrogen) atoms. The minimum atomic E-state index is 0.254. The zero-order valence-corrected chi connectivity index (χ0v) is 12.1. The number of thiazole rings is 1. The van der Waals surface area contributed by atoms with E-state index in [4.69, 9.17) is 9.72 Å². The Labute approximate surface area is 113 Å². The van der Waals surface area contributed by atoms with E-state index in [1.54, 1.807) is 11.3 Å². The lowest BCUT2D eigenvalue weighted by molar-refractivity contribution is 0.0846. The van der Waals surface area contributed by atoms with Crippen molar-refractivity contribution in [1.82, 2.24) is 4.98 Å². The average molecular weight is 269 g/mol. The third kappa shape index (κ3) is 3.53. The maximum atomic E-state index is 9.37. The van der Waals surface area contributed by atoms with E-state index in [2.05, 4.69) is 19.2 Å². The summed E-state index contributed by atoms with van der Waals surface area (Å²) >= 11 is 1.74. The highest BCUT2D eigenvalue weighted by Crippen LogP contribution is 2.29. The van der Waals surface area contributed by atoms with Crippen LogP contribution in [-0.4, -0.2) is 29.9 Å². The number of ether oxygens (including phenoxy) is 1. The van der Waals surface area contributed by atoms with Gasteiger partial charge in [-0.15, -0.1) is 11.3 Å². The summed E-state index contributed by atoms with van der Waals surface area (Å²) in [6.07, 6.45) is 3.09. The largest absolute Gasteiger partial charge is 0.396 e. The third-order valence-electron chi connectivity index (χ3n) is 3.82.